The van der Waals surface area contributed by atoms with Crippen molar-refractivity contribution in [2.75, 3.05) is 16.8 Å². The highest BCUT2D eigenvalue weighted by atomic mass is 79.9. The van der Waals surface area contributed by atoms with Crippen molar-refractivity contribution < 1.29 is 8.42 Å². The lowest BCUT2D eigenvalue weighted by Crippen LogP contribution is -2.13. The highest BCUT2D eigenvalue weighted by Crippen LogP contribution is 2.11. The van der Waals surface area contributed by atoms with E-state index < -0.39 is 9.84 Å². The van der Waals surface area contributed by atoms with Crippen LogP contribution < -0.4 is 0 Å². The summed E-state index contributed by atoms with van der Waals surface area (Å²) < 4.78 is 22.7. The summed E-state index contributed by atoms with van der Waals surface area (Å²) in [4.78, 5) is 0. The van der Waals surface area contributed by atoms with E-state index in [2.05, 4.69) is 22.9 Å². The van der Waals surface area contributed by atoms with Gasteiger partial charge in [0.25, 0.3) is 0 Å². The van der Waals surface area contributed by atoms with Crippen molar-refractivity contribution in [1.82, 2.24) is 0 Å². The van der Waals surface area contributed by atoms with E-state index in [9.17, 15) is 8.42 Å². The third-order valence-corrected chi connectivity index (χ3v) is 4.38. The van der Waals surface area contributed by atoms with Gasteiger partial charge >= 0.3 is 0 Å². The van der Waals surface area contributed by atoms with E-state index in [1.165, 1.54) is 0 Å². The molecular formula is C9H19BrO2S. The minimum Gasteiger partial charge on any atom is -0.229 e. The molecule has 0 N–H and O–H groups in total. The second kappa shape index (κ2) is 6.82. The maximum Gasteiger partial charge on any atom is 0.150 e. The van der Waals surface area contributed by atoms with Crippen LogP contribution >= 0.6 is 15.9 Å². The minimum absolute atomic E-state index is 0.341. The average Bonchev–Trinajstić information content (AvgIpc) is 2.02. The molecule has 0 aliphatic heterocycles. The molecule has 4 heteroatoms. The Bertz CT molecular complexity index is 212. The summed E-state index contributed by atoms with van der Waals surface area (Å²) in [7, 11) is -2.76. The zero-order valence-electron chi connectivity index (χ0n) is 8.42. The molecule has 80 valence electrons. The molecule has 0 aromatic carbocycles. The van der Waals surface area contributed by atoms with Crippen molar-refractivity contribution in [3.05, 3.63) is 0 Å². The zero-order valence-corrected chi connectivity index (χ0v) is 10.8. The lowest BCUT2D eigenvalue weighted by molar-refractivity contribution is 0.536. The van der Waals surface area contributed by atoms with Crippen molar-refractivity contribution in [3.8, 4) is 0 Å². The Morgan fingerprint density at radius 3 is 2.31 bits per heavy atom. The van der Waals surface area contributed by atoms with Gasteiger partial charge in [0.15, 0.2) is 0 Å². The Morgan fingerprint density at radius 1 is 1.23 bits per heavy atom. The van der Waals surface area contributed by atoms with E-state index in [0.717, 1.165) is 24.6 Å². The van der Waals surface area contributed by atoms with Crippen LogP contribution in [0.5, 0.6) is 0 Å². The molecular weight excluding hydrogens is 252 g/mol. The first-order chi connectivity index (χ1) is 6.02. The average molecular weight is 271 g/mol. The first kappa shape index (κ1) is 13.4. The summed E-state index contributed by atoms with van der Waals surface area (Å²) in [6.07, 6.45) is 2.59. The molecule has 0 radical (unpaired) electrons. The topological polar surface area (TPSA) is 34.1 Å². The Balaban J connectivity index is 3.74. The molecule has 0 bridgehead atoms. The van der Waals surface area contributed by atoms with Gasteiger partial charge in [-0.05, 0) is 25.2 Å². The first-order valence-corrected chi connectivity index (χ1v) is 7.72. The Labute approximate surface area is 90.2 Å². The van der Waals surface area contributed by atoms with Crippen LogP contribution in [0.3, 0.4) is 0 Å². The second-order valence-corrected chi connectivity index (χ2v) is 6.62. The third kappa shape index (κ3) is 7.50. The van der Waals surface area contributed by atoms with Crippen LogP contribution in [0.2, 0.25) is 0 Å². The van der Waals surface area contributed by atoms with Crippen molar-refractivity contribution in [2.24, 2.45) is 5.92 Å². The summed E-state index contributed by atoms with van der Waals surface area (Å²) in [6, 6.07) is 0. The quantitative estimate of drug-likeness (QED) is 0.667. The molecule has 0 saturated carbocycles. The van der Waals surface area contributed by atoms with Crippen LogP contribution in [0.1, 0.15) is 33.1 Å². The van der Waals surface area contributed by atoms with E-state index in [4.69, 9.17) is 0 Å². The van der Waals surface area contributed by atoms with Crippen LogP contribution in [0.4, 0.5) is 0 Å². The molecule has 0 aromatic heterocycles. The zero-order chi connectivity index (χ0) is 10.3. The fourth-order valence-corrected chi connectivity index (χ4v) is 3.49. The van der Waals surface area contributed by atoms with Crippen LogP contribution in [0, 0.1) is 5.92 Å². The monoisotopic (exact) mass is 270 g/mol. The van der Waals surface area contributed by atoms with Gasteiger partial charge in [0, 0.05) is 11.1 Å². The number of alkyl halides is 1. The Hall–Kier alpha value is 0.430. The molecule has 1 atom stereocenters. The normalized spacial score (nSPS) is 14.4. The van der Waals surface area contributed by atoms with E-state index in [1.807, 2.05) is 6.92 Å². The SMILES string of the molecule is CCCS(=O)(=O)CCC(C)CCBr. The number of hydrogen-bond donors (Lipinski definition) is 0. The molecule has 0 aliphatic carbocycles. The molecule has 0 saturated heterocycles. The molecule has 13 heavy (non-hydrogen) atoms. The predicted molar refractivity (Wildman–Crippen MR) is 61.1 cm³/mol. The maximum atomic E-state index is 11.3. The van der Waals surface area contributed by atoms with Crippen molar-refractivity contribution >= 4 is 25.8 Å². The van der Waals surface area contributed by atoms with Crippen LogP contribution in [-0.4, -0.2) is 25.3 Å². The fourth-order valence-electron chi connectivity index (χ4n) is 1.12. The first-order valence-electron chi connectivity index (χ1n) is 4.78. The molecule has 2 nitrogen and oxygen atoms in total. The lowest BCUT2D eigenvalue weighted by atomic mass is 10.1. The van der Waals surface area contributed by atoms with Gasteiger partial charge in [-0.25, -0.2) is 8.42 Å². The van der Waals surface area contributed by atoms with Crippen LogP contribution in [0.15, 0.2) is 0 Å². The highest BCUT2D eigenvalue weighted by Gasteiger charge is 2.11. The summed E-state index contributed by atoms with van der Waals surface area (Å²) in [5, 5.41) is 0.960. The van der Waals surface area contributed by atoms with Gasteiger partial charge in [-0.1, -0.05) is 29.8 Å². The molecule has 0 aromatic rings. The number of rotatable bonds is 7. The third-order valence-electron chi connectivity index (χ3n) is 2.04. The number of sulfone groups is 1. The van der Waals surface area contributed by atoms with Gasteiger partial charge in [-0.15, -0.1) is 0 Å². The van der Waals surface area contributed by atoms with Gasteiger partial charge < -0.3 is 0 Å². The largest absolute Gasteiger partial charge is 0.229 e. The van der Waals surface area contributed by atoms with E-state index in [1.54, 1.807) is 0 Å². The van der Waals surface area contributed by atoms with E-state index >= 15 is 0 Å². The van der Waals surface area contributed by atoms with Crippen LogP contribution in [-0.2, 0) is 9.84 Å². The smallest absolute Gasteiger partial charge is 0.150 e. The van der Waals surface area contributed by atoms with Crippen LogP contribution in [0.25, 0.3) is 0 Å². The van der Waals surface area contributed by atoms with Gasteiger partial charge in [-0.3, -0.25) is 0 Å². The predicted octanol–water partition coefficient (Wildman–Crippen LogP) is 2.62. The Morgan fingerprint density at radius 2 is 1.85 bits per heavy atom. The molecule has 0 heterocycles. The molecule has 0 amide bonds. The Kier molecular flexibility index (Phi) is 7.05. The van der Waals surface area contributed by atoms with Crippen molar-refractivity contribution in [2.45, 2.75) is 33.1 Å². The van der Waals surface area contributed by atoms with E-state index in [0.29, 0.717) is 17.4 Å². The minimum atomic E-state index is -2.76. The van der Waals surface area contributed by atoms with Gasteiger partial charge in [-0.2, -0.15) is 0 Å². The number of hydrogen-bond acceptors (Lipinski definition) is 2. The summed E-state index contributed by atoms with van der Waals surface area (Å²) >= 11 is 3.35. The maximum absolute atomic E-state index is 11.3. The summed E-state index contributed by atoms with van der Waals surface area (Å²) in [5.74, 6) is 1.20. The van der Waals surface area contributed by atoms with Crippen molar-refractivity contribution in [1.29, 1.82) is 0 Å². The van der Waals surface area contributed by atoms with Gasteiger partial charge in [0.2, 0.25) is 0 Å². The molecule has 1 unspecified atom stereocenters. The van der Waals surface area contributed by atoms with Gasteiger partial charge in [0.1, 0.15) is 9.84 Å². The van der Waals surface area contributed by atoms with Crippen molar-refractivity contribution in [3.63, 3.8) is 0 Å². The summed E-state index contributed by atoms with van der Waals surface area (Å²) in [6.45, 7) is 4.00. The lowest BCUT2D eigenvalue weighted by Gasteiger charge is -2.08. The molecule has 0 fully saturated rings. The van der Waals surface area contributed by atoms with Gasteiger partial charge in [0.05, 0.1) is 5.75 Å². The highest BCUT2D eigenvalue weighted by molar-refractivity contribution is 9.09. The standard InChI is InChI=1S/C9H19BrO2S/c1-3-7-13(11,12)8-5-9(2)4-6-10/h9H,3-8H2,1-2H3. The molecule has 0 spiro atoms. The molecule has 0 aliphatic rings. The second-order valence-electron chi connectivity index (χ2n) is 3.52. The molecule has 0 rings (SSSR count). The van der Waals surface area contributed by atoms with E-state index in [-0.39, 0.29) is 0 Å². The summed E-state index contributed by atoms with van der Waals surface area (Å²) in [5.41, 5.74) is 0. The fraction of sp³-hybridized carbons (Fsp3) is 1.00. The number of halogens is 1.